The highest BCUT2D eigenvalue weighted by molar-refractivity contribution is 5.73. The van der Waals surface area contributed by atoms with E-state index in [1.807, 2.05) is 0 Å². The first-order valence-electron chi connectivity index (χ1n) is 5.64. The molecule has 0 amide bonds. The van der Waals surface area contributed by atoms with E-state index in [0.717, 1.165) is 0 Å². The number of hydrogen-bond donors (Lipinski definition) is 0. The van der Waals surface area contributed by atoms with E-state index >= 15 is 0 Å². The van der Waals surface area contributed by atoms with Crippen LogP contribution in [0.2, 0.25) is 0 Å². The fourth-order valence-electron chi connectivity index (χ4n) is 1.78. The number of likely N-dealkylation sites (tertiary alicyclic amines) is 1. The van der Waals surface area contributed by atoms with Gasteiger partial charge in [-0.15, -0.1) is 0 Å². The Hall–Kier alpha value is -0.780. The molecule has 1 heterocycles. The molecule has 0 spiro atoms. The summed E-state index contributed by atoms with van der Waals surface area (Å²) in [4.78, 5) is 12.1. The lowest BCUT2D eigenvalue weighted by molar-refractivity contribution is -0.254. The Kier molecular flexibility index (Phi) is 4.06. The third-order valence-electron chi connectivity index (χ3n) is 2.52. The monoisotopic (exact) mass is 253 g/mol. The smallest absolute Gasteiger partial charge is 0.459 e. The highest BCUT2D eigenvalue weighted by Crippen LogP contribution is 2.29. The van der Waals surface area contributed by atoms with E-state index in [-0.39, 0.29) is 13.1 Å². The lowest BCUT2D eigenvalue weighted by Gasteiger charge is -2.33. The quantitative estimate of drug-likeness (QED) is 0.531. The van der Waals surface area contributed by atoms with Crippen LogP contribution < -0.4 is 0 Å². The van der Waals surface area contributed by atoms with Gasteiger partial charge in [0.2, 0.25) is 0 Å². The van der Waals surface area contributed by atoms with E-state index in [4.69, 9.17) is 4.74 Å². The Morgan fingerprint density at radius 3 is 2.35 bits per heavy atom. The number of esters is 1. The van der Waals surface area contributed by atoms with Crippen LogP contribution in [0.5, 0.6) is 0 Å². The molecule has 0 radical (unpaired) electrons. The fourth-order valence-corrected chi connectivity index (χ4v) is 1.78. The average molecular weight is 253 g/mol. The van der Waals surface area contributed by atoms with Crippen LogP contribution in [0.25, 0.3) is 0 Å². The maximum absolute atomic E-state index is 12.5. The molecule has 0 bridgehead atoms. The van der Waals surface area contributed by atoms with Crippen molar-refractivity contribution in [1.29, 1.82) is 0 Å². The van der Waals surface area contributed by atoms with Crippen LogP contribution in [-0.2, 0) is 9.53 Å². The molecule has 1 aliphatic rings. The van der Waals surface area contributed by atoms with Crippen molar-refractivity contribution >= 4 is 5.97 Å². The molecule has 6 heteroatoms. The summed E-state index contributed by atoms with van der Waals surface area (Å²) >= 11 is 0. The standard InChI is InChI=1S/C11H18F3NO2/c1-10(2,3)17-9(16)8-5-4-6-15(7-8)11(12,13)14/h8H,4-7H2,1-3H3/t8-/m0/s1. The molecule has 0 saturated carbocycles. The third-order valence-corrected chi connectivity index (χ3v) is 2.52. The highest BCUT2D eigenvalue weighted by atomic mass is 19.4. The van der Waals surface area contributed by atoms with E-state index in [2.05, 4.69) is 0 Å². The first kappa shape index (κ1) is 14.3. The van der Waals surface area contributed by atoms with Crippen LogP contribution in [-0.4, -0.2) is 35.9 Å². The number of nitrogens with zero attached hydrogens (tertiary/aromatic N) is 1. The Bertz CT molecular complexity index is 283. The Labute approximate surface area is 98.9 Å². The molecule has 100 valence electrons. The number of carbonyl (C=O) groups is 1. The van der Waals surface area contributed by atoms with Crippen LogP contribution in [0.1, 0.15) is 33.6 Å². The molecule has 0 aromatic carbocycles. The van der Waals surface area contributed by atoms with Crippen LogP contribution in [0.15, 0.2) is 0 Å². The summed E-state index contributed by atoms with van der Waals surface area (Å²) in [6.07, 6.45) is -3.54. The Balaban J connectivity index is 2.58. The second kappa shape index (κ2) is 4.84. The second-order valence-corrected chi connectivity index (χ2v) is 5.29. The van der Waals surface area contributed by atoms with Crippen molar-refractivity contribution in [1.82, 2.24) is 4.90 Å². The van der Waals surface area contributed by atoms with E-state index in [1.54, 1.807) is 20.8 Å². The molecular weight excluding hydrogens is 235 g/mol. The number of piperidine rings is 1. The maximum Gasteiger partial charge on any atom is 0.459 e. The highest BCUT2D eigenvalue weighted by Gasteiger charge is 2.42. The molecule has 1 saturated heterocycles. The SMILES string of the molecule is CC(C)(C)OC(=O)[C@H]1CCCN(C(F)(F)F)C1. The van der Waals surface area contributed by atoms with Crippen molar-refractivity contribution in [2.75, 3.05) is 13.1 Å². The van der Waals surface area contributed by atoms with Gasteiger partial charge in [-0.25, -0.2) is 4.90 Å². The number of rotatable bonds is 1. The lowest BCUT2D eigenvalue weighted by atomic mass is 9.98. The van der Waals surface area contributed by atoms with Gasteiger partial charge in [0.15, 0.2) is 0 Å². The van der Waals surface area contributed by atoms with Gasteiger partial charge in [-0.2, -0.15) is 13.2 Å². The second-order valence-electron chi connectivity index (χ2n) is 5.29. The van der Waals surface area contributed by atoms with Gasteiger partial charge in [0, 0.05) is 13.1 Å². The van der Waals surface area contributed by atoms with Gasteiger partial charge >= 0.3 is 12.3 Å². The first-order valence-corrected chi connectivity index (χ1v) is 5.64. The first-order chi connectivity index (χ1) is 7.59. The van der Waals surface area contributed by atoms with Crippen LogP contribution in [0.3, 0.4) is 0 Å². The number of halogens is 3. The Morgan fingerprint density at radius 2 is 1.88 bits per heavy atom. The summed E-state index contributed by atoms with van der Waals surface area (Å²) < 4.78 is 42.6. The fraction of sp³-hybridized carbons (Fsp3) is 0.909. The summed E-state index contributed by atoms with van der Waals surface area (Å²) in [5, 5.41) is 0. The maximum atomic E-state index is 12.5. The molecule has 1 fully saturated rings. The van der Waals surface area contributed by atoms with Gasteiger partial charge in [-0.1, -0.05) is 0 Å². The van der Waals surface area contributed by atoms with Gasteiger partial charge in [-0.3, -0.25) is 4.79 Å². The third kappa shape index (κ3) is 4.53. The van der Waals surface area contributed by atoms with E-state index < -0.39 is 23.8 Å². The van der Waals surface area contributed by atoms with E-state index in [1.165, 1.54) is 0 Å². The minimum absolute atomic E-state index is 0.0389. The number of alkyl halides is 3. The molecule has 0 aromatic heterocycles. The number of hydrogen-bond acceptors (Lipinski definition) is 3. The summed E-state index contributed by atoms with van der Waals surface area (Å²) in [6, 6.07) is 0. The minimum Gasteiger partial charge on any atom is -0.460 e. The molecule has 0 unspecified atom stereocenters. The average Bonchev–Trinajstić information content (AvgIpc) is 2.14. The topological polar surface area (TPSA) is 29.5 Å². The van der Waals surface area contributed by atoms with E-state index in [0.29, 0.717) is 17.7 Å². The molecule has 17 heavy (non-hydrogen) atoms. The van der Waals surface area contributed by atoms with Crippen LogP contribution in [0, 0.1) is 5.92 Å². The van der Waals surface area contributed by atoms with Gasteiger partial charge in [0.1, 0.15) is 5.60 Å². The zero-order chi connectivity index (χ0) is 13.3. The van der Waals surface area contributed by atoms with Crippen molar-refractivity contribution in [3.63, 3.8) is 0 Å². The molecule has 0 aliphatic carbocycles. The molecule has 1 atom stereocenters. The van der Waals surface area contributed by atoms with Gasteiger partial charge in [0.05, 0.1) is 5.92 Å². The molecule has 0 aromatic rings. The van der Waals surface area contributed by atoms with Crippen molar-refractivity contribution in [3.8, 4) is 0 Å². The molecule has 0 N–H and O–H groups in total. The number of carbonyl (C=O) groups excluding carboxylic acids is 1. The largest absolute Gasteiger partial charge is 0.460 e. The predicted molar refractivity (Wildman–Crippen MR) is 56.2 cm³/mol. The van der Waals surface area contributed by atoms with Crippen LogP contribution in [0.4, 0.5) is 13.2 Å². The van der Waals surface area contributed by atoms with Gasteiger partial charge in [-0.05, 0) is 33.6 Å². The van der Waals surface area contributed by atoms with Crippen molar-refractivity contribution in [2.24, 2.45) is 5.92 Å². The van der Waals surface area contributed by atoms with Crippen molar-refractivity contribution < 1.29 is 22.7 Å². The summed E-state index contributed by atoms with van der Waals surface area (Å²) in [7, 11) is 0. The predicted octanol–water partition coefficient (Wildman–Crippen LogP) is 2.56. The normalized spacial score (nSPS) is 23.5. The molecule has 1 rings (SSSR count). The summed E-state index contributed by atoms with van der Waals surface area (Å²) in [5.41, 5.74) is -0.655. The number of ether oxygens (including phenoxy) is 1. The summed E-state index contributed by atoms with van der Waals surface area (Å²) in [6.45, 7) is 4.78. The zero-order valence-electron chi connectivity index (χ0n) is 10.3. The summed E-state index contributed by atoms with van der Waals surface area (Å²) in [5.74, 6) is -1.21. The lowest BCUT2D eigenvalue weighted by Crippen LogP contribution is -2.47. The molecule has 3 nitrogen and oxygen atoms in total. The van der Waals surface area contributed by atoms with E-state index in [9.17, 15) is 18.0 Å². The Morgan fingerprint density at radius 1 is 1.29 bits per heavy atom. The van der Waals surface area contributed by atoms with Crippen LogP contribution >= 0.6 is 0 Å². The minimum atomic E-state index is -4.36. The van der Waals surface area contributed by atoms with Crippen molar-refractivity contribution in [3.05, 3.63) is 0 Å². The van der Waals surface area contributed by atoms with Gasteiger partial charge < -0.3 is 4.74 Å². The zero-order valence-corrected chi connectivity index (χ0v) is 10.3. The van der Waals surface area contributed by atoms with Crippen molar-refractivity contribution in [2.45, 2.75) is 45.5 Å². The van der Waals surface area contributed by atoms with Gasteiger partial charge in [0.25, 0.3) is 0 Å². The molecule has 1 aliphatic heterocycles. The molecular formula is C11H18F3NO2.